The molecule has 0 N–H and O–H groups in total. The van der Waals surface area contributed by atoms with Gasteiger partial charge in [0.25, 0.3) is 0 Å². The number of hydrogen-bond donors (Lipinski definition) is 0. The molecule has 0 aliphatic carbocycles. The Morgan fingerprint density at radius 1 is 1.00 bits per heavy atom. The number of rotatable bonds is 2. The molecule has 0 saturated carbocycles. The first kappa shape index (κ1) is 15.6. The molecule has 0 spiro atoms. The maximum Gasteiger partial charge on any atom is -0.0538 e. The first-order valence-corrected chi connectivity index (χ1v) is 2.91. The third kappa shape index (κ3) is 42.6. The van der Waals surface area contributed by atoms with Gasteiger partial charge in [-0.05, 0) is 0 Å². The molecule has 0 aromatic rings. The van der Waals surface area contributed by atoms with E-state index < -0.39 is 0 Å². The molecule has 0 atom stereocenters. The SMILES string of the molecule is C.C=C.CCCCC. The van der Waals surface area contributed by atoms with E-state index in [1.54, 1.807) is 0 Å². The molecule has 8 heavy (non-hydrogen) atoms. The number of unbranched alkanes of at least 4 members (excludes halogenated alkanes) is 2. The molecule has 0 aromatic heterocycles. The molecule has 0 nitrogen and oxygen atoms in total. The van der Waals surface area contributed by atoms with Crippen LogP contribution in [0.3, 0.4) is 0 Å². The fraction of sp³-hybridized carbons (Fsp3) is 0.750. The van der Waals surface area contributed by atoms with Crippen LogP contribution in [-0.2, 0) is 0 Å². The van der Waals surface area contributed by atoms with Crippen molar-refractivity contribution in [3.05, 3.63) is 13.2 Å². The van der Waals surface area contributed by atoms with Gasteiger partial charge >= 0.3 is 0 Å². The van der Waals surface area contributed by atoms with E-state index in [2.05, 4.69) is 27.0 Å². The van der Waals surface area contributed by atoms with Gasteiger partial charge in [0.1, 0.15) is 0 Å². The Balaban J connectivity index is -0.0000000750. The normalized spacial score (nSPS) is 5.75. The lowest BCUT2D eigenvalue weighted by molar-refractivity contribution is 0.772. The van der Waals surface area contributed by atoms with Crippen LogP contribution in [0.1, 0.15) is 40.5 Å². The molecule has 0 heteroatoms. The van der Waals surface area contributed by atoms with Crippen molar-refractivity contribution >= 4 is 0 Å². The molecule has 0 bridgehead atoms. The summed E-state index contributed by atoms with van der Waals surface area (Å²) >= 11 is 0. The van der Waals surface area contributed by atoms with Gasteiger partial charge < -0.3 is 0 Å². The monoisotopic (exact) mass is 116 g/mol. The summed E-state index contributed by atoms with van der Waals surface area (Å²) in [5.41, 5.74) is 0. The van der Waals surface area contributed by atoms with Crippen LogP contribution in [0.25, 0.3) is 0 Å². The highest BCUT2D eigenvalue weighted by Crippen LogP contribution is 1.88. The summed E-state index contributed by atoms with van der Waals surface area (Å²) in [5, 5.41) is 0. The van der Waals surface area contributed by atoms with Crippen molar-refractivity contribution in [1.82, 2.24) is 0 Å². The molecule has 0 unspecified atom stereocenters. The van der Waals surface area contributed by atoms with Crippen LogP contribution in [0, 0.1) is 0 Å². The fourth-order valence-corrected chi connectivity index (χ4v) is 0.354. The molecule has 0 fully saturated rings. The molecule has 0 heterocycles. The highest BCUT2D eigenvalue weighted by Gasteiger charge is 1.68. The molecule has 0 saturated heterocycles. The molecule has 0 aliphatic heterocycles. The molecule has 0 aliphatic rings. The Labute approximate surface area is 54.6 Å². The Morgan fingerprint density at radius 3 is 1.25 bits per heavy atom. The van der Waals surface area contributed by atoms with Gasteiger partial charge in [-0.15, -0.1) is 13.2 Å². The Hall–Kier alpha value is -0.260. The van der Waals surface area contributed by atoms with E-state index in [9.17, 15) is 0 Å². The lowest BCUT2D eigenvalue weighted by atomic mass is 10.3. The zero-order valence-corrected chi connectivity index (χ0v) is 5.54. The first-order valence-electron chi connectivity index (χ1n) is 2.91. The first-order chi connectivity index (χ1) is 3.41. The third-order valence-corrected chi connectivity index (χ3v) is 0.707. The smallest absolute Gasteiger partial charge is 0.0538 e. The maximum atomic E-state index is 3.00. The van der Waals surface area contributed by atoms with Crippen molar-refractivity contribution in [3.63, 3.8) is 0 Å². The van der Waals surface area contributed by atoms with E-state index in [-0.39, 0.29) is 7.43 Å². The molecule has 0 rings (SSSR count). The summed E-state index contributed by atoms with van der Waals surface area (Å²) in [4.78, 5) is 0. The second-order valence-corrected chi connectivity index (χ2v) is 1.35. The summed E-state index contributed by atoms with van der Waals surface area (Å²) in [7, 11) is 0. The van der Waals surface area contributed by atoms with Crippen LogP contribution in [0.4, 0.5) is 0 Å². The van der Waals surface area contributed by atoms with Crippen molar-refractivity contribution < 1.29 is 0 Å². The molecule has 0 aromatic carbocycles. The zero-order valence-electron chi connectivity index (χ0n) is 5.54. The summed E-state index contributed by atoms with van der Waals surface area (Å²) in [6, 6.07) is 0. The van der Waals surface area contributed by atoms with Crippen molar-refractivity contribution in [3.8, 4) is 0 Å². The summed E-state index contributed by atoms with van der Waals surface area (Å²) in [5.74, 6) is 0. The number of hydrogen-bond acceptors (Lipinski definition) is 0. The second-order valence-electron chi connectivity index (χ2n) is 1.35. The third-order valence-electron chi connectivity index (χ3n) is 0.707. The van der Waals surface area contributed by atoms with Crippen LogP contribution in [0.5, 0.6) is 0 Å². The summed E-state index contributed by atoms with van der Waals surface area (Å²) < 4.78 is 0. The average Bonchev–Trinajstić information content (AvgIpc) is 1.75. The largest absolute Gasteiger partial charge is 0.106 e. The van der Waals surface area contributed by atoms with Gasteiger partial charge in [-0.1, -0.05) is 40.5 Å². The van der Waals surface area contributed by atoms with Crippen LogP contribution < -0.4 is 0 Å². The molecule has 0 amide bonds. The topological polar surface area (TPSA) is 0 Å². The lowest BCUT2D eigenvalue weighted by Gasteiger charge is -1.79. The van der Waals surface area contributed by atoms with Gasteiger partial charge in [0, 0.05) is 0 Å². The van der Waals surface area contributed by atoms with Crippen molar-refractivity contribution in [2.24, 2.45) is 0 Å². The average molecular weight is 116 g/mol. The van der Waals surface area contributed by atoms with E-state index in [4.69, 9.17) is 0 Å². The minimum absolute atomic E-state index is 0. The Kier molecular flexibility index (Phi) is 57.9. The summed E-state index contributed by atoms with van der Waals surface area (Å²) in [6.07, 6.45) is 4.08. The van der Waals surface area contributed by atoms with Crippen LogP contribution >= 0.6 is 0 Å². The van der Waals surface area contributed by atoms with E-state index in [1.807, 2.05) is 0 Å². The predicted octanol–water partition coefficient (Wildman–Crippen LogP) is 3.63. The van der Waals surface area contributed by atoms with Crippen LogP contribution in [-0.4, -0.2) is 0 Å². The minimum Gasteiger partial charge on any atom is -0.106 e. The van der Waals surface area contributed by atoms with Gasteiger partial charge in [-0.25, -0.2) is 0 Å². The van der Waals surface area contributed by atoms with E-state index in [0.717, 1.165) is 0 Å². The minimum atomic E-state index is 0. The van der Waals surface area contributed by atoms with Gasteiger partial charge in [0.15, 0.2) is 0 Å². The van der Waals surface area contributed by atoms with Gasteiger partial charge in [-0.3, -0.25) is 0 Å². The highest BCUT2D eigenvalue weighted by molar-refractivity contribution is 4.24. The quantitative estimate of drug-likeness (QED) is 0.483. The molecular weight excluding hydrogens is 96.1 g/mol. The van der Waals surface area contributed by atoms with E-state index in [0.29, 0.717) is 0 Å². The van der Waals surface area contributed by atoms with Gasteiger partial charge in [0.2, 0.25) is 0 Å². The van der Waals surface area contributed by atoms with Crippen molar-refractivity contribution in [2.75, 3.05) is 0 Å². The van der Waals surface area contributed by atoms with E-state index >= 15 is 0 Å². The zero-order chi connectivity index (χ0) is 6.12. The maximum absolute atomic E-state index is 3.00. The highest BCUT2D eigenvalue weighted by atomic mass is 13.7. The molecule has 0 radical (unpaired) electrons. The fourth-order valence-electron chi connectivity index (χ4n) is 0.354. The molecular formula is C8H20. The summed E-state index contributed by atoms with van der Waals surface area (Å²) in [6.45, 7) is 10.4. The lowest BCUT2D eigenvalue weighted by Crippen LogP contribution is -1.59. The Morgan fingerprint density at radius 2 is 1.25 bits per heavy atom. The van der Waals surface area contributed by atoms with E-state index in [1.165, 1.54) is 19.3 Å². The van der Waals surface area contributed by atoms with Crippen LogP contribution in [0.2, 0.25) is 0 Å². The second kappa shape index (κ2) is 29.6. The molecule has 52 valence electrons. The van der Waals surface area contributed by atoms with Crippen LogP contribution in [0.15, 0.2) is 13.2 Å². The predicted molar refractivity (Wildman–Crippen MR) is 43.2 cm³/mol. The van der Waals surface area contributed by atoms with Gasteiger partial charge in [0.05, 0.1) is 0 Å². The van der Waals surface area contributed by atoms with Crippen molar-refractivity contribution in [2.45, 2.75) is 40.5 Å². The Bertz CT molecular complexity index is 14.0. The van der Waals surface area contributed by atoms with Crippen molar-refractivity contribution in [1.29, 1.82) is 0 Å². The van der Waals surface area contributed by atoms with Gasteiger partial charge in [-0.2, -0.15) is 0 Å². The standard InChI is InChI=1S/C5H12.C2H4.CH4/c1-3-5-4-2;1-2;/h3-5H2,1-2H3;1-2H2;1H4.